The Labute approximate surface area is 121 Å². The number of morpholine rings is 2. The van der Waals surface area contributed by atoms with Gasteiger partial charge in [-0.3, -0.25) is 4.90 Å². The van der Waals surface area contributed by atoms with Crippen LogP contribution in [-0.2, 0) is 9.47 Å². The van der Waals surface area contributed by atoms with E-state index in [1.807, 2.05) is 11.8 Å². The quantitative estimate of drug-likeness (QED) is 0.749. The predicted molar refractivity (Wildman–Crippen MR) is 76.9 cm³/mol. The maximum Gasteiger partial charge on any atom is 0.317 e. The second-order valence-electron chi connectivity index (χ2n) is 5.52. The SMILES string of the molecule is CC1CN(C(=O)NCCCCN2CCOCC2)CCO1. The van der Waals surface area contributed by atoms with Crippen molar-refractivity contribution < 1.29 is 14.3 Å². The summed E-state index contributed by atoms with van der Waals surface area (Å²) >= 11 is 0. The van der Waals surface area contributed by atoms with Gasteiger partial charge in [0.25, 0.3) is 0 Å². The van der Waals surface area contributed by atoms with Crippen LogP contribution in [0.3, 0.4) is 0 Å². The lowest BCUT2D eigenvalue weighted by Gasteiger charge is -2.31. The third-order valence-electron chi connectivity index (χ3n) is 3.81. The van der Waals surface area contributed by atoms with Gasteiger partial charge in [-0.05, 0) is 26.3 Å². The average molecular weight is 285 g/mol. The van der Waals surface area contributed by atoms with E-state index in [4.69, 9.17) is 9.47 Å². The Morgan fingerprint density at radius 3 is 2.75 bits per heavy atom. The van der Waals surface area contributed by atoms with Crippen molar-refractivity contribution in [3.05, 3.63) is 0 Å². The number of rotatable bonds is 5. The molecular weight excluding hydrogens is 258 g/mol. The maximum atomic E-state index is 11.9. The van der Waals surface area contributed by atoms with E-state index in [0.717, 1.165) is 52.2 Å². The Balaban J connectivity index is 1.50. The molecule has 0 radical (unpaired) electrons. The van der Waals surface area contributed by atoms with Crippen LogP contribution in [0.1, 0.15) is 19.8 Å². The fourth-order valence-electron chi connectivity index (χ4n) is 2.60. The molecule has 1 atom stereocenters. The molecule has 116 valence electrons. The number of nitrogens with one attached hydrogen (secondary N) is 1. The summed E-state index contributed by atoms with van der Waals surface area (Å²) in [5.41, 5.74) is 0. The second-order valence-corrected chi connectivity index (χ2v) is 5.52. The van der Waals surface area contributed by atoms with Crippen LogP contribution in [0.15, 0.2) is 0 Å². The van der Waals surface area contributed by atoms with Crippen LogP contribution in [0.5, 0.6) is 0 Å². The molecule has 2 saturated heterocycles. The molecule has 1 unspecified atom stereocenters. The average Bonchev–Trinajstić information content (AvgIpc) is 2.48. The van der Waals surface area contributed by atoms with Crippen LogP contribution in [0.4, 0.5) is 4.79 Å². The summed E-state index contributed by atoms with van der Waals surface area (Å²) in [5, 5.41) is 3.00. The molecule has 6 heteroatoms. The number of amides is 2. The van der Waals surface area contributed by atoms with Gasteiger partial charge in [0.2, 0.25) is 0 Å². The minimum absolute atomic E-state index is 0.0477. The van der Waals surface area contributed by atoms with Gasteiger partial charge < -0.3 is 19.7 Å². The van der Waals surface area contributed by atoms with Crippen molar-refractivity contribution in [2.24, 2.45) is 0 Å². The summed E-state index contributed by atoms with van der Waals surface area (Å²) in [6.07, 6.45) is 2.30. The third-order valence-corrected chi connectivity index (χ3v) is 3.81. The van der Waals surface area contributed by atoms with Crippen LogP contribution in [0.2, 0.25) is 0 Å². The molecule has 0 saturated carbocycles. The molecule has 2 rings (SSSR count). The van der Waals surface area contributed by atoms with Gasteiger partial charge in [-0.2, -0.15) is 0 Å². The molecular formula is C14H27N3O3. The summed E-state index contributed by atoms with van der Waals surface area (Å²) in [5.74, 6) is 0. The molecule has 0 bridgehead atoms. The summed E-state index contributed by atoms with van der Waals surface area (Å²) in [4.78, 5) is 16.2. The van der Waals surface area contributed by atoms with Gasteiger partial charge >= 0.3 is 6.03 Å². The van der Waals surface area contributed by atoms with Gasteiger partial charge in [0, 0.05) is 32.7 Å². The highest BCUT2D eigenvalue weighted by molar-refractivity contribution is 5.74. The first-order chi connectivity index (χ1) is 9.75. The molecule has 2 amide bonds. The largest absolute Gasteiger partial charge is 0.379 e. The van der Waals surface area contributed by atoms with Gasteiger partial charge in [0.05, 0.1) is 25.9 Å². The molecule has 2 heterocycles. The highest BCUT2D eigenvalue weighted by Crippen LogP contribution is 2.04. The number of ether oxygens (including phenoxy) is 2. The van der Waals surface area contributed by atoms with Gasteiger partial charge in [-0.15, -0.1) is 0 Å². The van der Waals surface area contributed by atoms with Gasteiger partial charge in [0.15, 0.2) is 0 Å². The normalized spacial score (nSPS) is 24.6. The van der Waals surface area contributed by atoms with Gasteiger partial charge in [0.1, 0.15) is 0 Å². The monoisotopic (exact) mass is 285 g/mol. The number of nitrogens with zero attached hydrogens (tertiary/aromatic N) is 2. The molecule has 1 N–H and O–H groups in total. The van der Waals surface area contributed by atoms with E-state index in [2.05, 4.69) is 10.2 Å². The maximum absolute atomic E-state index is 11.9. The van der Waals surface area contributed by atoms with Crippen LogP contribution in [0.25, 0.3) is 0 Å². The topological polar surface area (TPSA) is 54.0 Å². The highest BCUT2D eigenvalue weighted by atomic mass is 16.5. The number of hydrogen-bond donors (Lipinski definition) is 1. The number of carbonyl (C=O) groups excluding carboxylic acids is 1. The van der Waals surface area contributed by atoms with Crippen molar-refractivity contribution in [3.8, 4) is 0 Å². The van der Waals surface area contributed by atoms with E-state index in [-0.39, 0.29) is 12.1 Å². The van der Waals surface area contributed by atoms with Gasteiger partial charge in [-0.25, -0.2) is 4.79 Å². The van der Waals surface area contributed by atoms with Crippen molar-refractivity contribution in [1.82, 2.24) is 15.1 Å². The molecule has 0 aromatic carbocycles. The van der Waals surface area contributed by atoms with Crippen molar-refractivity contribution in [3.63, 3.8) is 0 Å². The first-order valence-electron chi connectivity index (χ1n) is 7.70. The molecule has 20 heavy (non-hydrogen) atoms. The fraction of sp³-hybridized carbons (Fsp3) is 0.929. The Morgan fingerprint density at radius 1 is 1.20 bits per heavy atom. The molecule has 0 spiro atoms. The van der Waals surface area contributed by atoms with Crippen LogP contribution in [-0.4, -0.2) is 81.0 Å². The van der Waals surface area contributed by atoms with E-state index in [9.17, 15) is 4.79 Å². The minimum Gasteiger partial charge on any atom is -0.379 e. The molecule has 2 aliphatic heterocycles. The van der Waals surface area contributed by atoms with E-state index < -0.39 is 0 Å². The molecule has 0 aromatic rings. The summed E-state index contributed by atoms with van der Waals surface area (Å²) in [6.45, 7) is 9.69. The Hall–Kier alpha value is -0.850. The van der Waals surface area contributed by atoms with Gasteiger partial charge in [-0.1, -0.05) is 0 Å². The van der Waals surface area contributed by atoms with E-state index >= 15 is 0 Å². The smallest absolute Gasteiger partial charge is 0.317 e. The van der Waals surface area contributed by atoms with Crippen LogP contribution < -0.4 is 5.32 Å². The van der Waals surface area contributed by atoms with Crippen molar-refractivity contribution in [1.29, 1.82) is 0 Å². The number of urea groups is 1. The Kier molecular flexibility index (Phi) is 6.56. The zero-order chi connectivity index (χ0) is 14.2. The van der Waals surface area contributed by atoms with E-state index in [0.29, 0.717) is 19.7 Å². The lowest BCUT2D eigenvalue weighted by molar-refractivity contribution is -0.00347. The second kappa shape index (κ2) is 8.44. The van der Waals surface area contributed by atoms with E-state index in [1.54, 1.807) is 0 Å². The lowest BCUT2D eigenvalue weighted by atomic mass is 10.2. The third kappa shape index (κ3) is 5.26. The van der Waals surface area contributed by atoms with Crippen molar-refractivity contribution in [2.75, 3.05) is 59.1 Å². The lowest BCUT2D eigenvalue weighted by Crippen LogP contribution is -2.49. The zero-order valence-electron chi connectivity index (χ0n) is 12.5. The molecule has 6 nitrogen and oxygen atoms in total. The Morgan fingerprint density at radius 2 is 2.00 bits per heavy atom. The zero-order valence-corrected chi connectivity index (χ0v) is 12.5. The number of unbranched alkanes of at least 4 members (excludes halogenated alkanes) is 1. The first-order valence-corrected chi connectivity index (χ1v) is 7.70. The van der Waals surface area contributed by atoms with Crippen LogP contribution >= 0.6 is 0 Å². The summed E-state index contributed by atoms with van der Waals surface area (Å²) in [7, 11) is 0. The molecule has 0 aromatic heterocycles. The standard InChI is InChI=1S/C14H27N3O3/c1-13-12-17(8-11-20-13)14(18)15-4-2-3-5-16-6-9-19-10-7-16/h13H,2-12H2,1H3,(H,15,18). The highest BCUT2D eigenvalue weighted by Gasteiger charge is 2.20. The van der Waals surface area contributed by atoms with Crippen LogP contribution in [0, 0.1) is 0 Å². The predicted octanol–water partition coefficient (Wildman–Crippen LogP) is 0.529. The number of carbonyl (C=O) groups is 1. The Bertz CT molecular complexity index is 295. The molecule has 2 aliphatic rings. The minimum atomic E-state index is 0.0477. The first kappa shape index (κ1) is 15.5. The molecule has 2 fully saturated rings. The van der Waals surface area contributed by atoms with E-state index in [1.165, 1.54) is 0 Å². The number of hydrogen-bond acceptors (Lipinski definition) is 4. The fourth-order valence-corrected chi connectivity index (χ4v) is 2.60. The summed E-state index contributed by atoms with van der Waals surface area (Å²) < 4.78 is 10.8. The van der Waals surface area contributed by atoms with Crippen molar-refractivity contribution in [2.45, 2.75) is 25.9 Å². The van der Waals surface area contributed by atoms with Crippen molar-refractivity contribution >= 4 is 6.03 Å². The molecule has 0 aliphatic carbocycles. The summed E-state index contributed by atoms with van der Waals surface area (Å²) in [6, 6.07) is 0.0477.